The summed E-state index contributed by atoms with van der Waals surface area (Å²) < 4.78 is 16.6. The number of carboxylic acids is 1. The Kier molecular flexibility index (Phi) is 8.89. The normalized spacial score (nSPS) is 13.0. The molecular formula is C21H24ClNO6. The van der Waals surface area contributed by atoms with Crippen LogP contribution in [0.25, 0.3) is 0 Å². The molecule has 0 saturated heterocycles. The summed E-state index contributed by atoms with van der Waals surface area (Å²) in [6, 6.07) is 10.3. The largest absolute Gasteiger partial charge is 0.493 e. The van der Waals surface area contributed by atoms with E-state index in [0.717, 1.165) is 11.8 Å². The van der Waals surface area contributed by atoms with E-state index in [1.807, 2.05) is 0 Å². The molecule has 0 aliphatic carbocycles. The number of hydrogen-bond donors (Lipinski definition) is 1. The van der Waals surface area contributed by atoms with E-state index >= 15 is 0 Å². The number of carbonyl (C=O) groups is 2. The molecule has 156 valence electrons. The average molecular weight is 422 g/mol. The summed E-state index contributed by atoms with van der Waals surface area (Å²) in [6.45, 7) is 3.81. The van der Waals surface area contributed by atoms with Crippen LogP contribution in [0.1, 0.15) is 19.4 Å². The average Bonchev–Trinajstić information content (AvgIpc) is 2.69. The first kappa shape index (κ1) is 22.6. The summed E-state index contributed by atoms with van der Waals surface area (Å²) in [6.07, 6.45) is 1.30. The number of hydrogen-bond acceptors (Lipinski definition) is 6. The van der Waals surface area contributed by atoms with Gasteiger partial charge < -0.3 is 24.1 Å². The fraction of sp³-hybridized carbons (Fsp3) is 0.381. The maximum absolute atomic E-state index is 11.4. The molecule has 29 heavy (non-hydrogen) atoms. The van der Waals surface area contributed by atoms with Gasteiger partial charge in [0.2, 0.25) is 5.88 Å². The van der Waals surface area contributed by atoms with Gasteiger partial charge in [-0.15, -0.1) is 0 Å². The fourth-order valence-electron chi connectivity index (χ4n) is 2.47. The maximum atomic E-state index is 11.4. The van der Waals surface area contributed by atoms with Crippen LogP contribution in [0.3, 0.4) is 0 Å². The molecule has 2 rings (SSSR count). The molecule has 0 amide bonds. The lowest BCUT2D eigenvalue weighted by Crippen LogP contribution is -2.29. The minimum absolute atomic E-state index is 0.112. The molecule has 0 saturated carbocycles. The summed E-state index contributed by atoms with van der Waals surface area (Å²) in [5.41, 5.74) is 0.764. The number of rotatable bonds is 12. The van der Waals surface area contributed by atoms with Crippen molar-refractivity contribution < 1.29 is 28.9 Å². The molecule has 0 fully saturated rings. The molecule has 2 aromatic rings. The number of benzene rings is 1. The zero-order valence-corrected chi connectivity index (χ0v) is 17.0. The number of pyridine rings is 1. The second kappa shape index (κ2) is 11.4. The Morgan fingerprint density at radius 3 is 2.59 bits per heavy atom. The molecule has 0 aliphatic heterocycles. The van der Waals surface area contributed by atoms with Gasteiger partial charge in [-0.3, -0.25) is 0 Å². The molecule has 7 nitrogen and oxygen atoms in total. The van der Waals surface area contributed by atoms with Gasteiger partial charge in [-0.1, -0.05) is 23.7 Å². The number of halogens is 1. The standard InChI is InChI=1S/C21H24ClNO6/c1-14(2)29-19(21(25)26)9-15-4-3-5-18(8-15)27-12-16(11-24)13-28-20-7-6-17(22)10-23-20/h3-8,10-11,14,16,19H,9,12-13H2,1-2H3,(H,25,26). The lowest BCUT2D eigenvalue weighted by Gasteiger charge is -2.17. The Bertz CT molecular complexity index is 796. The quantitative estimate of drug-likeness (QED) is 0.524. The monoisotopic (exact) mass is 421 g/mol. The maximum Gasteiger partial charge on any atom is 0.333 e. The predicted octanol–water partition coefficient (Wildman–Crippen LogP) is 3.43. The number of carbonyl (C=O) groups excluding carboxylic acids is 1. The smallest absolute Gasteiger partial charge is 0.333 e. The third kappa shape index (κ3) is 8.09. The van der Waals surface area contributed by atoms with E-state index in [4.69, 9.17) is 25.8 Å². The summed E-state index contributed by atoms with van der Waals surface area (Å²) in [7, 11) is 0. The molecule has 8 heteroatoms. The second-order valence-corrected chi connectivity index (χ2v) is 7.13. The van der Waals surface area contributed by atoms with E-state index in [-0.39, 0.29) is 25.7 Å². The highest BCUT2D eigenvalue weighted by Crippen LogP contribution is 2.18. The van der Waals surface area contributed by atoms with E-state index in [9.17, 15) is 14.7 Å². The molecule has 1 aromatic heterocycles. The number of aromatic nitrogens is 1. The predicted molar refractivity (Wildman–Crippen MR) is 108 cm³/mol. The number of aldehydes is 1. The molecule has 0 spiro atoms. The first-order valence-corrected chi connectivity index (χ1v) is 9.54. The Balaban J connectivity index is 1.90. The van der Waals surface area contributed by atoms with Crippen LogP contribution in [0.5, 0.6) is 11.6 Å². The van der Waals surface area contributed by atoms with Gasteiger partial charge in [-0.2, -0.15) is 0 Å². The zero-order chi connectivity index (χ0) is 21.2. The van der Waals surface area contributed by atoms with Crippen molar-refractivity contribution in [2.24, 2.45) is 5.92 Å². The Labute approximate surface area is 174 Å². The van der Waals surface area contributed by atoms with Crippen molar-refractivity contribution in [3.8, 4) is 11.6 Å². The van der Waals surface area contributed by atoms with Crippen molar-refractivity contribution in [2.45, 2.75) is 32.5 Å². The summed E-state index contributed by atoms with van der Waals surface area (Å²) in [4.78, 5) is 26.7. The van der Waals surface area contributed by atoms with Gasteiger partial charge in [0.15, 0.2) is 6.10 Å². The highest BCUT2D eigenvalue weighted by Gasteiger charge is 2.20. The molecule has 2 atom stereocenters. The highest BCUT2D eigenvalue weighted by atomic mass is 35.5. The Morgan fingerprint density at radius 1 is 1.21 bits per heavy atom. The molecule has 0 aliphatic rings. The molecular weight excluding hydrogens is 398 g/mol. The summed E-state index contributed by atoms with van der Waals surface area (Å²) >= 11 is 5.77. The zero-order valence-electron chi connectivity index (χ0n) is 16.3. The second-order valence-electron chi connectivity index (χ2n) is 6.70. The van der Waals surface area contributed by atoms with Crippen molar-refractivity contribution in [2.75, 3.05) is 13.2 Å². The Hall–Kier alpha value is -2.64. The molecule has 1 aromatic carbocycles. The van der Waals surface area contributed by atoms with Gasteiger partial charge in [0, 0.05) is 18.7 Å². The van der Waals surface area contributed by atoms with Crippen molar-refractivity contribution in [3.05, 3.63) is 53.2 Å². The van der Waals surface area contributed by atoms with Crippen LogP contribution < -0.4 is 9.47 Å². The van der Waals surface area contributed by atoms with E-state index in [0.29, 0.717) is 16.7 Å². The van der Waals surface area contributed by atoms with Crippen molar-refractivity contribution >= 4 is 23.9 Å². The lowest BCUT2D eigenvalue weighted by molar-refractivity contribution is -0.153. The molecule has 1 heterocycles. The van der Waals surface area contributed by atoms with Gasteiger partial charge in [0.05, 0.1) is 17.0 Å². The molecule has 0 radical (unpaired) electrons. The van der Waals surface area contributed by atoms with E-state index in [2.05, 4.69) is 4.98 Å². The van der Waals surface area contributed by atoms with Crippen LogP contribution in [0.4, 0.5) is 0 Å². The summed E-state index contributed by atoms with van der Waals surface area (Å²) in [5, 5.41) is 9.80. The van der Waals surface area contributed by atoms with Crippen LogP contribution in [0, 0.1) is 5.92 Å². The van der Waals surface area contributed by atoms with Gasteiger partial charge in [0.25, 0.3) is 0 Å². The molecule has 2 unspecified atom stereocenters. The van der Waals surface area contributed by atoms with Crippen LogP contribution in [0.15, 0.2) is 42.6 Å². The van der Waals surface area contributed by atoms with E-state index in [1.54, 1.807) is 50.2 Å². The third-order valence-corrected chi connectivity index (χ3v) is 4.06. The van der Waals surface area contributed by atoms with Gasteiger partial charge in [0.1, 0.15) is 25.2 Å². The van der Waals surface area contributed by atoms with Crippen molar-refractivity contribution in [1.82, 2.24) is 4.98 Å². The SMILES string of the molecule is CC(C)OC(Cc1cccc(OCC(C=O)COc2ccc(Cl)cn2)c1)C(=O)O. The highest BCUT2D eigenvalue weighted by molar-refractivity contribution is 6.30. The van der Waals surface area contributed by atoms with Crippen molar-refractivity contribution in [1.29, 1.82) is 0 Å². The van der Waals surface area contributed by atoms with Crippen LogP contribution >= 0.6 is 11.6 Å². The lowest BCUT2D eigenvalue weighted by atomic mass is 10.1. The van der Waals surface area contributed by atoms with E-state index < -0.39 is 18.0 Å². The minimum Gasteiger partial charge on any atom is -0.493 e. The number of ether oxygens (including phenoxy) is 3. The number of aliphatic carboxylic acids is 1. The van der Waals surface area contributed by atoms with Crippen molar-refractivity contribution in [3.63, 3.8) is 0 Å². The Morgan fingerprint density at radius 2 is 1.97 bits per heavy atom. The fourth-order valence-corrected chi connectivity index (χ4v) is 2.58. The van der Waals surface area contributed by atoms with Crippen LogP contribution in [-0.2, 0) is 20.7 Å². The first-order valence-electron chi connectivity index (χ1n) is 9.17. The van der Waals surface area contributed by atoms with Crippen LogP contribution in [-0.4, -0.2) is 47.8 Å². The van der Waals surface area contributed by atoms with Gasteiger partial charge >= 0.3 is 5.97 Å². The third-order valence-electron chi connectivity index (χ3n) is 3.83. The van der Waals surface area contributed by atoms with Gasteiger partial charge in [-0.05, 0) is 37.6 Å². The number of nitrogens with zero attached hydrogens (tertiary/aromatic N) is 1. The minimum atomic E-state index is -1.01. The first-order chi connectivity index (χ1) is 13.9. The number of carboxylic acid groups (broad SMARTS) is 1. The van der Waals surface area contributed by atoms with E-state index in [1.165, 1.54) is 6.20 Å². The molecule has 1 N–H and O–H groups in total. The van der Waals surface area contributed by atoms with Gasteiger partial charge in [-0.25, -0.2) is 9.78 Å². The van der Waals surface area contributed by atoms with Crippen LogP contribution in [0.2, 0.25) is 5.02 Å². The molecule has 0 bridgehead atoms. The topological polar surface area (TPSA) is 95.0 Å². The summed E-state index contributed by atoms with van der Waals surface area (Å²) in [5.74, 6) is -0.605.